The van der Waals surface area contributed by atoms with E-state index in [0.717, 1.165) is 6.07 Å². The Morgan fingerprint density at radius 1 is 1.10 bits per heavy atom. The highest BCUT2D eigenvalue weighted by Crippen LogP contribution is 2.33. The third kappa shape index (κ3) is 4.01. The Hall–Kier alpha value is -2.24. The molecule has 2 aromatic rings. The van der Waals surface area contributed by atoms with Crippen LogP contribution in [0.1, 0.15) is 35.2 Å². The van der Waals surface area contributed by atoms with Gasteiger partial charge >= 0.3 is 6.18 Å². The van der Waals surface area contributed by atoms with Gasteiger partial charge in [0.05, 0.1) is 12.3 Å². The minimum atomic E-state index is -4.60. The van der Waals surface area contributed by atoms with Gasteiger partial charge in [-0.1, -0.05) is 0 Å². The van der Waals surface area contributed by atoms with Crippen molar-refractivity contribution >= 4 is 0 Å². The first-order valence-electron chi connectivity index (χ1n) is 9.31. The predicted octanol–water partition coefficient (Wildman–Crippen LogP) is 3.13. The Morgan fingerprint density at radius 3 is 2.53 bits per heavy atom. The molecule has 0 spiro atoms. The summed E-state index contributed by atoms with van der Waals surface area (Å²) in [5.74, 6) is -4.57. The van der Waals surface area contributed by atoms with Gasteiger partial charge in [-0.05, 0) is 12.5 Å². The molecule has 1 saturated heterocycles. The van der Waals surface area contributed by atoms with Crippen molar-refractivity contribution in [2.45, 2.75) is 43.8 Å². The molecule has 5 nitrogen and oxygen atoms in total. The molecule has 2 N–H and O–H groups in total. The van der Waals surface area contributed by atoms with E-state index in [1.54, 1.807) is 0 Å². The lowest BCUT2D eigenvalue weighted by molar-refractivity contribution is -0.145. The summed E-state index contributed by atoms with van der Waals surface area (Å²) in [5.41, 5.74) is 6.95. The predicted molar refractivity (Wildman–Crippen MR) is 92.5 cm³/mol. The van der Waals surface area contributed by atoms with E-state index in [2.05, 4.69) is 9.97 Å². The van der Waals surface area contributed by atoms with E-state index in [0.29, 0.717) is 43.3 Å². The summed E-state index contributed by atoms with van der Waals surface area (Å²) in [6.07, 6.45) is -3.64. The SMILES string of the molecule is N[C@H]1CC(N2CCc3nc(C(F)(F)F)ncc3C2)CO[C@@H]1c1cc(F)c(F)cc1F. The van der Waals surface area contributed by atoms with Gasteiger partial charge in [0.15, 0.2) is 11.6 Å². The minimum absolute atomic E-state index is 0.142. The monoisotopic (exact) mass is 432 g/mol. The van der Waals surface area contributed by atoms with Gasteiger partial charge in [-0.2, -0.15) is 13.2 Å². The fraction of sp³-hybridized carbons (Fsp3) is 0.474. The number of rotatable bonds is 2. The van der Waals surface area contributed by atoms with Crippen molar-refractivity contribution < 1.29 is 31.1 Å². The van der Waals surface area contributed by atoms with Gasteiger partial charge in [0.25, 0.3) is 0 Å². The van der Waals surface area contributed by atoms with E-state index in [9.17, 15) is 26.3 Å². The number of alkyl halides is 3. The topological polar surface area (TPSA) is 64.3 Å². The second kappa shape index (κ2) is 7.78. The van der Waals surface area contributed by atoms with Crippen molar-refractivity contribution in [2.75, 3.05) is 13.2 Å². The van der Waals surface area contributed by atoms with E-state index in [4.69, 9.17) is 10.5 Å². The van der Waals surface area contributed by atoms with Gasteiger partial charge in [0, 0.05) is 55.0 Å². The summed E-state index contributed by atoms with van der Waals surface area (Å²) < 4.78 is 84.8. The molecule has 3 atom stereocenters. The molecule has 1 aromatic carbocycles. The number of aromatic nitrogens is 2. The van der Waals surface area contributed by atoms with Crippen LogP contribution in [0.4, 0.5) is 26.3 Å². The summed E-state index contributed by atoms with van der Waals surface area (Å²) in [5, 5.41) is 0. The van der Waals surface area contributed by atoms with Crippen LogP contribution in [0, 0.1) is 17.5 Å². The number of ether oxygens (including phenoxy) is 1. The number of hydrogen-bond acceptors (Lipinski definition) is 5. The molecule has 1 fully saturated rings. The zero-order chi connectivity index (χ0) is 21.6. The van der Waals surface area contributed by atoms with Crippen LogP contribution >= 0.6 is 0 Å². The average Bonchev–Trinajstić information content (AvgIpc) is 2.69. The summed E-state index contributed by atoms with van der Waals surface area (Å²) >= 11 is 0. The second-order valence-corrected chi connectivity index (χ2v) is 7.48. The Kier molecular flexibility index (Phi) is 5.45. The number of hydrogen-bond donors (Lipinski definition) is 1. The lowest BCUT2D eigenvalue weighted by Gasteiger charge is -2.41. The van der Waals surface area contributed by atoms with Crippen molar-refractivity contribution in [2.24, 2.45) is 5.73 Å². The molecule has 0 amide bonds. The molecule has 4 rings (SSSR count). The van der Waals surface area contributed by atoms with Crippen LogP contribution in [0.15, 0.2) is 18.3 Å². The molecule has 0 bridgehead atoms. The third-order valence-corrected chi connectivity index (χ3v) is 5.48. The highest BCUT2D eigenvalue weighted by atomic mass is 19.4. The van der Waals surface area contributed by atoms with E-state index in [1.165, 1.54) is 6.20 Å². The van der Waals surface area contributed by atoms with Crippen molar-refractivity contribution in [1.82, 2.24) is 14.9 Å². The maximum Gasteiger partial charge on any atom is 0.451 e. The maximum atomic E-state index is 14.1. The van der Waals surface area contributed by atoms with Gasteiger partial charge in [0.2, 0.25) is 5.82 Å². The summed E-state index contributed by atoms with van der Waals surface area (Å²) in [4.78, 5) is 9.03. The normalized spacial score (nSPS) is 25.2. The van der Waals surface area contributed by atoms with Gasteiger partial charge < -0.3 is 10.5 Å². The van der Waals surface area contributed by atoms with E-state index in [-0.39, 0.29) is 18.2 Å². The molecule has 0 aliphatic carbocycles. The highest BCUT2D eigenvalue weighted by molar-refractivity contribution is 5.25. The molecule has 1 unspecified atom stereocenters. The summed E-state index contributed by atoms with van der Waals surface area (Å²) in [6.45, 7) is 0.943. The number of nitrogens with zero attached hydrogens (tertiary/aromatic N) is 3. The molecule has 0 radical (unpaired) electrons. The van der Waals surface area contributed by atoms with Gasteiger partial charge in [-0.15, -0.1) is 0 Å². The molecule has 162 valence electrons. The molecular formula is C19H18F6N4O. The fourth-order valence-corrected chi connectivity index (χ4v) is 3.96. The molecule has 11 heteroatoms. The molecule has 3 heterocycles. The van der Waals surface area contributed by atoms with Crippen molar-refractivity contribution in [3.63, 3.8) is 0 Å². The third-order valence-electron chi connectivity index (χ3n) is 5.48. The Labute approximate surface area is 167 Å². The van der Waals surface area contributed by atoms with Crippen molar-refractivity contribution in [3.05, 3.63) is 58.4 Å². The van der Waals surface area contributed by atoms with Gasteiger partial charge in [-0.3, -0.25) is 4.90 Å². The Balaban J connectivity index is 1.45. The fourth-order valence-electron chi connectivity index (χ4n) is 3.96. The van der Waals surface area contributed by atoms with Crippen LogP contribution in [-0.2, 0) is 23.9 Å². The van der Waals surface area contributed by atoms with Crippen LogP contribution in [0.2, 0.25) is 0 Å². The molecule has 2 aliphatic rings. The summed E-state index contributed by atoms with van der Waals surface area (Å²) in [6, 6.07) is 0.375. The zero-order valence-electron chi connectivity index (χ0n) is 15.6. The number of halogens is 6. The average molecular weight is 432 g/mol. The first-order valence-corrected chi connectivity index (χ1v) is 9.31. The first-order chi connectivity index (χ1) is 14.1. The molecule has 0 saturated carbocycles. The quantitative estimate of drug-likeness (QED) is 0.584. The number of nitrogens with two attached hydrogens (primary N) is 1. The minimum Gasteiger partial charge on any atom is -0.370 e. The van der Waals surface area contributed by atoms with Crippen molar-refractivity contribution in [3.8, 4) is 0 Å². The number of fused-ring (bicyclic) bond motifs is 1. The van der Waals surface area contributed by atoms with Crippen LogP contribution in [0.25, 0.3) is 0 Å². The maximum absolute atomic E-state index is 14.1. The lowest BCUT2D eigenvalue weighted by atomic mass is 9.92. The Bertz CT molecular complexity index is 953. The van der Waals surface area contributed by atoms with Crippen molar-refractivity contribution in [1.29, 1.82) is 0 Å². The van der Waals surface area contributed by atoms with Gasteiger partial charge in [0.1, 0.15) is 11.9 Å². The highest BCUT2D eigenvalue weighted by Gasteiger charge is 2.38. The molecule has 2 aliphatic heterocycles. The number of benzene rings is 1. The van der Waals surface area contributed by atoms with Crippen LogP contribution in [0.3, 0.4) is 0 Å². The van der Waals surface area contributed by atoms with E-state index >= 15 is 0 Å². The van der Waals surface area contributed by atoms with Gasteiger partial charge in [-0.25, -0.2) is 23.1 Å². The molecule has 30 heavy (non-hydrogen) atoms. The standard InChI is InChI=1S/C19H18F6N4O/c20-12-5-14(22)13(21)4-11(12)17-15(26)3-10(8-30-17)29-2-1-16-9(7-29)6-27-18(28-16)19(23,24)25/h4-6,10,15,17H,1-3,7-8,26H2/t10?,15-,17+/m0/s1. The van der Waals surface area contributed by atoms with Crippen LogP contribution in [-0.4, -0.2) is 40.1 Å². The van der Waals surface area contributed by atoms with E-state index < -0.39 is 41.6 Å². The lowest BCUT2D eigenvalue weighted by Crippen LogP contribution is -2.50. The molecular weight excluding hydrogens is 414 g/mol. The second-order valence-electron chi connectivity index (χ2n) is 7.48. The summed E-state index contributed by atoms with van der Waals surface area (Å²) in [7, 11) is 0. The van der Waals surface area contributed by atoms with Crippen LogP contribution in [0.5, 0.6) is 0 Å². The largest absolute Gasteiger partial charge is 0.451 e. The smallest absolute Gasteiger partial charge is 0.370 e. The van der Waals surface area contributed by atoms with Crippen LogP contribution < -0.4 is 5.73 Å². The van der Waals surface area contributed by atoms with E-state index in [1.807, 2.05) is 4.90 Å². The first kappa shape index (κ1) is 21.0. The Morgan fingerprint density at radius 2 is 1.83 bits per heavy atom. The zero-order valence-corrected chi connectivity index (χ0v) is 15.6. The molecule has 1 aromatic heterocycles.